The van der Waals surface area contributed by atoms with Crippen molar-refractivity contribution in [3.05, 3.63) is 60.7 Å². The van der Waals surface area contributed by atoms with E-state index in [1.807, 2.05) is 47.3 Å². The highest BCUT2D eigenvalue weighted by atomic mass is 16.1. The Morgan fingerprint density at radius 1 is 1.17 bits per heavy atom. The van der Waals surface area contributed by atoms with Gasteiger partial charge < -0.3 is 5.32 Å². The molecule has 0 radical (unpaired) electrons. The molecule has 0 saturated carbocycles. The first-order valence-electron chi connectivity index (χ1n) is 7.84. The lowest BCUT2D eigenvalue weighted by Crippen LogP contribution is -2.31. The van der Waals surface area contributed by atoms with E-state index in [0.29, 0.717) is 25.9 Å². The summed E-state index contributed by atoms with van der Waals surface area (Å²) in [5.41, 5.74) is 1.06. The van der Waals surface area contributed by atoms with Crippen LogP contribution in [0.4, 0.5) is 0 Å². The van der Waals surface area contributed by atoms with E-state index in [-0.39, 0.29) is 11.9 Å². The molecular formula is C16H19N7O. The van der Waals surface area contributed by atoms with Crippen LogP contribution >= 0.6 is 0 Å². The van der Waals surface area contributed by atoms with Crippen LogP contribution in [0.5, 0.6) is 0 Å². The van der Waals surface area contributed by atoms with Gasteiger partial charge in [0.15, 0.2) is 0 Å². The predicted octanol–water partition coefficient (Wildman–Crippen LogP) is 1.21. The van der Waals surface area contributed by atoms with E-state index in [2.05, 4.69) is 25.9 Å². The standard InChI is InChI=1S/C16H19N7O/c24-16(8-4-10-23-13-17-20-21-23)19-15(12-22-11-5-9-18-22)14-6-2-1-3-7-14/h1-3,5-7,9,11,13,15H,4,8,10,12H2,(H,19,24)/t15-/m1/s1. The maximum absolute atomic E-state index is 12.3. The van der Waals surface area contributed by atoms with Crippen LogP contribution in [-0.4, -0.2) is 35.9 Å². The SMILES string of the molecule is O=C(CCCn1cnnn1)N[C@H](Cn1cccn1)c1ccccc1. The van der Waals surface area contributed by atoms with Crippen LogP contribution in [0, 0.1) is 0 Å². The van der Waals surface area contributed by atoms with Crippen molar-refractivity contribution in [3.63, 3.8) is 0 Å². The number of tetrazole rings is 1. The van der Waals surface area contributed by atoms with E-state index in [1.165, 1.54) is 0 Å². The average Bonchev–Trinajstić information content (AvgIpc) is 3.29. The number of rotatable bonds is 8. The molecule has 24 heavy (non-hydrogen) atoms. The normalized spacial score (nSPS) is 12.0. The molecule has 0 aliphatic heterocycles. The number of nitrogens with zero attached hydrogens (tertiary/aromatic N) is 6. The fraction of sp³-hybridized carbons (Fsp3) is 0.312. The van der Waals surface area contributed by atoms with Gasteiger partial charge in [-0.2, -0.15) is 5.10 Å². The summed E-state index contributed by atoms with van der Waals surface area (Å²) >= 11 is 0. The van der Waals surface area contributed by atoms with E-state index < -0.39 is 0 Å². The lowest BCUT2D eigenvalue weighted by atomic mass is 10.1. The van der Waals surface area contributed by atoms with E-state index >= 15 is 0 Å². The van der Waals surface area contributed by atoms with Crippen molar-refractivity contribution < 1.29 is 4.79 Å². The Kier molecular flexibility index (Phi) is 5.28. The van der Waals surface area contributed by atoms with Crippen LogP contribution < -0.4 is 5.32 Å². The molecule has 3 aromatic rings. The van der Waals surface area contributed by atoms with Gasteiger partial charge in [-0.05, 0) is 28.5 Å². The second kappa shape index (κ2) is 8.00. The quantitative estimate of drug-likeness (QED) is 0.672. The van der Waals surface area contributed by atoms with Gasteiger partial charge >= 0.3 is 0 Å². The van der Waals surface area contributed by atoms with Gasteiger partial charge in [0.05, 0.1) is 12.6 Å². The van der Waals surface area contributed by atoms with Crippen LogP contribution in [0.2, 0.25) is 0 Å². The monoisotopic (exact) mass is 325 g/mol. The minimum atomic E-state index is -0.119. The molecule has 2 heterocycles. The third kappa shape index (κ3) is 4.48. The van der Waals surface area contributed by atoms with Crippen molar-refractivity contribution in [2.24, 2.45) is 0 Å². The molecule has 0 saturated heterocycles. The van der Waals surface area contributed by atoms with Gasteiger partial charge in [-0.15, -0.1) is 5.10 Å². The Bertz CT molecular complexity index is 725. The Hall–Kier alpha value is -3.03. The molecule has 0 aliphatic rings. The molecule has 0 aliphatic carbocycles. The van der Waals surface area contributed by atoms with Crippen molar-refractivity contribution in [2.45, 2.75) is 32.0 Å². The van der Waals surface area contributed by atoms with Gasteiger partial charge in [0, 0.05) is 25.4 Å². The number of hydrogen-bond donors (Lipinski definition) is 1. The van der Waals surface area contributed by atoms with Crippen LogP contribution in [0.15, 0.2) is 55.1 Å². The minimum absolute atomic E-state index is 0.00378. The van der Waals surface area contributed by atoms with Crippen LogP contribution in [0.1, 0.15) is 24.4 Å². The van der Waals surface area contributed by atoms with Gasteiger partial charge in [-0.25, -0.2) is 4.68 Å². The Balaban J connectivity index is 1.57. The number of nitrogens with one attached hydrogen (secondary N) is 1. The summed E-state index contributed by atoms with van der Waals surface area (Å²) in [5.74, 6) is 0.00378. The first kappa shape index (κ1) is 15.9. The van der Waals surface area contributed by atoms with Gasteiger partial charge in [-0.1, -0.05) is 30.3 Å². The number of carbonyl (C=O) groups is 1. The Labute approximate surface area is 139 Å². The summed E-state index contributed by atoms with van der Waals surface area (Å²) in [6.45, 7) is 1.21. The number of aryl methyl sites for hydroxylation is 1. The van der Waals surface area contributed by atoms with E-state index in [1.54, 1.807) is 17.2 Å². The highest BCUT2D eigenvalue weighted by Gasteiger charge is 2.15. The van der Waals surface area contributed by atoms with Crippen molar-refractivity contribution in [3.8, 4) is 0 Å². The molecule has 1 N–H and O–H groups in total. The molecule has 1 amide bonds. The topological polar surface area (TPSA) is 90.5 Å². The average molecular weight is 325 g/mol. The molecule has 124 valence electrons. The third-order valence-corrected chi connectivity index (χ3v) is 3.65. The first-order valence-corrected chi connectivity index (χ1v) is 7.84. The summed E-state index contributed by atoms with van der Waals surface area (Å²) in [7, 11) is 0. The summed E-state index contributed by atoms with van der Waals surface area (Å²) in [4.78, 5) is 12.3. The molecule has 0 bridgehead atoms. The van der Waals surface area contributed by atoms with Crippen molar-refractivity contribution in [1.29, 1.82) is 0 Å². The summed E-state index contributed by atoms with van der Waals surface area (Å²) in [6.07, 6.45) is 6.26. The molecule has 8 nitrogen and oxygen atoms in total. The number of carbonyl (C=O) groups excluding carboxylic acids is 1. The Morgan fingerprint density at radius 2 is 2.04 bits per heavy atom. The van der Waals surface area contributed by atoms with Gasteiger partial charge in [-0.3, -0.25) is 9.48 Å². The molecule has 0 spiro atoms. The first-order chi connectivity index (χ1) is 11.8. The van der Waals surface area contributed by atoms with E-state index in [0.717, 1.165) is 5.56 Å². The second-order valence-electron chi connectivity index (χ2n) is 5.44. The molecule has 8 heteroatoms. The minimum Gasteiger partial charge on any atom is -0.347 e. The zero-order valence-corrected chi connectivity index (χ0v) is 13.2. The van der Waals surface area contributed by atoms with Crippen molar-refractivity contribution in [2.75, 3.05) is 0 Å². The predicted molar refractivity (Wildman–Crippen MR) is 86.6 cm³/mol. The van der Waals surface area contributed by atoms with Crippen molar-refractivity contribution >= 4 is 5.91 Å². The molecule has 1 aromatic carbocycles. The van der Waals surface area contributed by atoms with E-state index in [9.17, 15) is 4.79 Å². The highest BCUT2D eigenvalue weighted by molar-refractivity contribution is 5.76. The van der Waals surface area contributed by atoms with Gasteiger partial charge in [0.1, 0.15) is 6.33 Å². The summed E-state index contributed by atoms with van der Waals surface area (Å²) in [5, 5.41) is 18.2. The smallest absolute Gasteiger partial charge is 0.220 e. The molecule has 3 rings (SSSR count). The number of amides is 1. The number of hydrogen-bond acceptors (Lipinski definition) is 5. The molecule has 2 aromatic heterocycles. The molecule has 0 unspecified atom stereocenters. The highest BCUT2D eigenvalue weighted by Crippen LogP contribution is 2.15. The van der Waals surface area contributed by atoms with Crippen LogP contribution in [-0.2, 0) is 17.9 Å². The molecule has 0 fully saturated rings. The maximum atomic E-state index is 12.3. The molecule has 1 atom stereocenters. The van der Waals surface area contributed by atoms with E-state index in [4.69, 9.17) is 0 Å². The fourth-order valence-corrected chi connectivity index (χ4v) is 2.47. The van der Waals surface area contributed by atoms with Crippen LogP contribution in [0.3, 0.4) is 0 Å². The largest absolute Gasteiger partial charge is 0.347 e. The summed E-state index contributed by atoms with van der Waals surface area (Å²) < 4.78 is 3.44. The lowest BCUT2D eigenvalue weighted by Gasteiger charge is -2.19. The lowest BCUT2D eigenvalue weighted by molar-refractivity contribution is -0.122. The third-order valence-electron chi connectivity index (χ3n) is 3.65. The molecular weight excluding hydrogens is 306 g/mol. The fourth-order valence-electron chi connectivity index (χ4n) is 2.47. The number of benzene rings is 1. The van der Waals surface area contributed by atoms with Gasteiger partial charge in [0.25, 0.3) is 0 Å². The zero-order valence-electron chi connectivity index (χ0n) is 13.2. The number of aromatic nitrogens is 6. The second-order valence-corrected chi connectivity index (χ2v) is 5.44. The van der Waals surface area contributed by atoms with Gasteiger partial charge in [0.2, 0.25) is 5.91 Å². The summed E-state index contributed by atoms with van der Waals surface area (Å²) in [6, 6.07) is 11.7. The van der Waals surface area contributed by atoms with Crippen LogP contribution in [0.25, 0.3) is 0 Å². The maximum Gasteiger partial charge on any atom is 0.220 e. The Morgan fingerprint density at radius 3 is 2.75 bits per heavy atom. The van der Waals surface area contributed by atoms with Crippen molar-refractivity contribution in [1.82, 2.24) is 35.3 Å². The zero-order chi connectivity index (χ0) is 16.6.